The average molecular weight is 517 g/mol. The van der Waals surface area contributed by atoms with Crippen LogP contribution in [0, 0.1) is 0 Å². The molecule has 3 N–H and O–H groups in total. The molecular weight excluding hydrogens is 488 g/mol. The number of amides is 2. The highest BCUT2D eigenvalue weighted by Gasteiger charge is 2.14. The zero-order chi connectivity index (χ0) is 27.4. The summed E-state index contributed by atoms with van der Waals surface area (Å²) < 4.78 is 25.9. The summed E-state index contributed by atoms with van der Waals surface area (Å²) in [6, 6.07) is 7.87. The number of carboxylic acids is 1. The van der Waals surface area contributed by atoms with Gasteiger partial charge in [0.05, 0.1) is 52.5 Å². The number of aliphatic carboxylic acids is 1. The molecule has 0 aliphatic rings. The fourth-order valence-corrected chi connectivity index (χ4v) is 3.04. The SMILES string of the molecule is COc1cc(OC)c(/C=C/C(=O)Nc2ccc(OC)c(NC(=O)COC(=O)CCC(=O)O)c2)c(OC)c1. The lowest BCUT2D eigenvalue weighted by molar-refractivity contribution is -0.149. The summed E-state index contributed by atoms with van der Waals surface area (Å²) in [7, 11) is 5.87. The lowest BCUT2D eigenvalue weighted by Gasteiger charge is -2.13. The van der Waals surface area contributed by atoms with Crippen LogP contribution in [0.3, 0.4) is 0 Å². The van der Waals surface area contributed by atoms with Gasteiger partial charge in [0.1, 0.15) is 23.0 Å². The molecule has 12 nitrogen and oxygen atoms in total. The highest BCUT2D eigenvalue weighted by molar-refractivity contribution is 6.03. The van der Waals surface area contributed by atoms with E-state index in [0.29, 0.717) is 34.2 Å². The molecule has 12 heteroatoms. The molecule has 0 unspecified atom stereocenters. The van der Waals surface area contributed by atoms with Crippen LogP contribution in [0.2, 0.25) is 0 Å². The molecule has 198 valence electrons. The molecule has 0 spiro atoms. The molecule has 0 aliphatic heterocycles. The van der Waals surface area contributed by atoms with Gasteiger partial charge in [0.25, 0.3) is 5.91 Å². The van der Waals surface area contributed by atoms with E-state index in [4.69, 9.17) is 28.8 Å². The monoisotopic (exact) mass is 516 g/mol. The van der Waals surface area contributed by atoms with Gasteiger partial charge in [-0.3, -0.25) is 19.2 Å². The van der Waals surface area contributed by atoms with Gasteiger partial charge in [-0.25, -0.2) is 0 Å². The van der Waals surface area contributed by atoms with E-state index in [0.717, 1.165) is 0 Å². The van der Waals surface area contributed by atoms with Gasteiger partial charge in [0.2, 0.25) is 5.91 Å². The third-order valence-corrected chi connectivity index (χ3v) is 4.80. The molecule has 0 saturated heterocycles. The van der Waals surface area contributed by atoms with Gasteiger partial charge in [0.15, 0.2) is 6.61 Å². The normalized spacial score (nSPS) is 10.4. The molecule has 0 radical (unpaired) electrons. The number of hydrogen-bond donors (Lipinski definition) is 3. The van der Waals surface area contributed by atoms with E-state index in [1.807, 2.05) is 0 Å². The number of carbonyl (C=O) groups is 4. The summed E-state index contributed by atoms with van der Waals surface area (Å²) in [4.78, 5) is 46.8. The second-order valence-corrected chi connectivity index (χ2v) is 7.29. The fourth-order valence-electron chi connectivity index (χ4n) is 3.04. The van der Waals surface area contributed by atoms with E-state index >= 15 is 0 Å². The topological polar surface area (TPSA) is 159 Å². The molecule has 0 fully saturated rings. The number of carboxylic acid groups (broad SMARTS) is 1. The summed E-state index contributed by atoms with van der Waals surface area (Å²) in [6.07, 6.45) is 2.06. The maximum atomic E-state index is 12.6. The fraction of sp³-hybridized carbons (Fsp3) is 0.280. The van der Waals surface area contributed by atoms with Crippen molar-refractivity contribution in [3.8, 4) is 23.0 Å². The number of anilines is 2. The van der Waals surface area contributed by atoms with Crippen LogP contribution in [0.1, 0.15) is 18.4 Å². The lowest BCUT2D eigenvalue weighted by atomic mass is 10.1. The van der Waals surface area contributed by atoms with Crippen molar-refractivity contribution in [1.29, 1.82) is 0 Å². The molecule has 37 heavy (non-hydrogen) atoms. The first-order valence-electron chi connectivity index (χ1n) is 10.8. The quantitative estimate of drug-likeness (QED) is 0.267. The van der Waals surface area contributed by atoms with Crippen LogP contribution in [0.25, 0.3) is 6.08 Å². The minimum Gasteiger partial charge on any atom is -0.496 e. The van der Waals surface area contributed by atoms with Gasteiger partial charge < -0.3 is 39.4 Å². The standard InChI is InChI=1S/C25H28N2O10/c1-33-16-12-20(35-3)17(21(13-16)36-4)6-8-22(28)26-15-5-7-19(34-2)18(11-15)27-23(29)14-37-25(32)10-9-24(30)31/h5-8,11-13H,9-10,14H2,1-4H3,(H,26,28)(H,27,29)(H,30,31)/b8-6+. The molecule has 0 heterocycles. The summed E-state index contributed by atoms with van der Waals surface area (Å²) in [5.74, 6) is -1.41. The third-order valence-electron chi connectivity index (χ3n) is 4.80. The Morgan fingerprint density at radius 1 is 0.838 bits per heavy atom. The molecule has 0 aromatic heterocycles. The van der Waals surface area contributed by atoms with Gasteiger partial charge in [-0.1, -0.05) is 0 Å². The summed E-state index contributed by atoms with van der Waals surface area (Å²) >= 11 is 0. The van der Waals surface area contributed by atoms with Crippen LogP contribution in [0.5, 0.6) is 23.0 Å². The Bertz CT molecular complexity index is 1150. The number of rotatable bonds is 13. The minimum atomic E-state index is -1.15. The Hall–Kier alpha value is -4.74. The molecule has 0 bridgehead atoms. The summed E-state index contributed by atoms with van der Waals surface area (Å²) in [5.41, 5.74) is 1.09. The average Bonchev–Trinajstić information content (AvgIpc) is 2.89. The number of benzene rings is 2. The Kier molecular flexibility index (Phi) is 10.8. The van der Waals surface area contributed by atoms with E-state index in [9.17, 15) is 19.2 Å². The molecule has 2 amide bonds. The van der Waals surface area contributed by atoms with E-state index in [-0.39, 0.29) is 12.1 Å². The maximum Gasteiger partial charge on any atom is 0.306 e. The highest BCUT2D eigenvalue weighted by Crippen LogP contribution is 2.35. The first kappa shape index (κ1) is 28.5. The van der Waals surface area contributed by atoms with Crippen LogP contribution in [-0.4, -0.2) is 63.9 Å². The predicted molar refractivity (Wildman–Crippen MR) is 133 cm³/mol. The van der Waals surface area contributed by atoms with Crippen molar-refractivity contribution in [2.24, 2.45) is 0 Å². The minimum absolute atomic E-state index is 0.217. The van der Waals surface area contributed by atoms with E-state index in [1.54, 1.807) is 18.2 Å². The van der Waals surface area contributed by atoms with Crippen LogP contribution in [0.4, 0.5) is 11.4 Å². The zero-order valence-corrected chi connectivity index (χ0v) is 20.8. The Labute approximate surface area is 213 Å². The molecule has 2 aromatic rings. The number of carbonyl (C=O) groups excluding carboxylic acids is 3. The van der Waals surface area contributed by atoms with Crippen molar-refractivity contribution in [2.45, 2.75) is 12.8 Å². The van der Waals surface area contributed by atoms with Crippen molar-refractivity contribution in [1.82, 2.24) is 0 Å². The van der Waals surface area contributed by atoms with Crippen molar-refractivity contribution in [3.63, 3.8) is 0 Å². The van der Waals surface area contributed by atoms with E-state index in [2.05, 4.69) is 10.6 Å². The van der Waals surface area contributed by atoms with Crippen LogP contribution >= 0.6 is 0 Å². The third kappa shape index (κ3) is 8.76. The van der Waals surface area contributed by atoms with Gasteiger partial charge in [0, 0.05) is 23.9 Å². The summed E-state index contributed by atoms with van der Waals surface area (Å²) in [6.45, 7) is -0.619. The first-order valence-corrected chi connectivity index (χ1v) is 10.8. The number of ether oxygens (including phenoxy) is 5. The van der Waals surface area contributed by atoms with E-state index < -0.39 is 36.8 Å². The van der Waals surface area contributed by atoms with Crippen LogP contribution < -0.4 is 29.6 Å². The van der Waals surface area contributed by atoms with Crippen molar-refractivity contribution >= 4 is 41.2 Å². The van der Waals surface area contributed by atoms with Crippen molar-refractivity contribution in [2.75, 3.05) is 45.7 Å². The molecule has 0 atom stereocenters. The Balaban J connectivity index is 2.09. The predicted octanol–water partition coefficient (Wildman–Crippen LogP) is 2.72. The second kappa shape index (κ2) is 14.0. The van der Waals surface area contributed by atoms with Gasteiger partial charge >= 0.3 is 11.9 Å². The maximum absolute atomic E-state index is 12.6. The first-order chi connectivity index (χ1) is 17.7. The number of nitrogens with one attached hydrogen (secondary N) is 2. The Morgan fingerprint density at radius 2 is 1.49 bits per heavy atom. The van der Waals surface area contributed by atoms with Crippen molar-refractivity contribution < 1.29 is 48.0 Å². The molecule has 0 saturated carbocycles. The molecule has 0 aliphatic carbocycles. The number of hydrogen-bond acceptors (Lipinski definition) is 9. The smallest absolute Gasteiger partial charge is 0.306 e. The molecule has 2 rings (SSSR count). The van der Waals surface area contributed by atoms with E-state index in [1.165, 1.54) is 52.7 Å². The molecular formula is C25H28N2O10. The number of methoxy groups -OCH3 is 4. The highest BCUT2D eigenvalue weighted by atomic mass is 16.5. The lowest BCUT2D eigenvalue weighted by Crippen LogP contribution is -2.21. The van der Waals surface area contributed by atoms with Crippen molar-refractivity contribution in [3.05, 3.63) is 42.0 Å². The van der Waals surface area contributed by atoms with Gasteiger partial charge in [-0.15, -0.1) is 0 Å². The number of esters is 1. The second-order valence-electron chi connectivity index (χ2n) is 7.29. The Morgan fingerprint density at radius 3 is 2.05 bits per heavy atom. The van der Waals surface area contributed by atoms with Crippen LogP contribution in [0.15, 0.2) is 36.4 Å². The van der Waals surface area contributed by atoms with Gasteiger partial charge in [-0.2, -0.15) is 0 Å². The largest absolute Gasteiger partial charge is 0.496 e. The summed E-state index contributed by atoms with van der Waals surface area (Å²) in [5, 5.41) is 13.8. The van der Waals surface area contributed by atoms with Crippen LogP contribution in [-0.2, 0) is 23.9 Å². The molecule has 2 aromatic carbocycles. The van der Waals surface area contributed by atoms with Gasteiger partial charge in [-0.05, 0) is 24.3 Å². The zero-order valence-electron chi connectivity index (χ0n) is 20.8.